The van der Waals surface area contributed by atoms with Crippen LogP contribution in [-0.4, -0.2) is 41.6 Å². The standard InChI is InChI=1S/C16H30O6S.Na.H/c1-2-3-4-5-6-7-8-9-10-11-12-23(21,22)14(16(19)20)13-15(17)18;;/h14H,2-13H2,1H3,(H,17,18)(H,19,20);;/q;+1;-1. The minimum atomic E-state index is -3.90. The van der Waals surface area contributed by atoms with Crippen molar-refractivity contribution in [1.29, 1.82) is 0 Å². The first kappa shape index (κ1) is 26.1. The molecule has 0 aromatic heterocycles. The van der Waals surface area contributed by atoms with Crippen molar-refractivity contribution in [2.75, 3.05) is 5.75 Å². The van der Waals surface area contributed by atoms with Gasteiger partial charge in [0.15, 0.2) is 15.1 Å². The summed E-state index contributed by atoms with van der Waals surface area (Å²) in [7, 11) is -3.90. The molecule has 6 nitrogen and oxygen atoms in total. The van der Waals surface area contributed by atoms with Crippen LogP contribution in [0.4, 0.5) is 0 Å². The van der Waals surface area contributed by atoms with Gasteiger partial charge >= 0.3 is 41.5 Å². The second-order valence-electron chi connectivity index (χ2n) is 5.97. The topological polar surface area (TPSA) is 109 Å². The summed E-state index contributed by atoms with van der Waals surface area (Å²) in [4.78, 5) is 21.5. The van der Waals surface area contributed by atoms with E-state index < -0.39 is 33.4 Å². The quantitative estimate of drug-likeness (QED) is 0.317. The van der Waals surface area contributed by atoms with Crippen molar-refractivity contribution in [3.05, 3.63) is 0 Å². The minimum Gasteiger partial charge on any atom is -1.00 e. The Hall–Kier alpha value is -0.110. The molecule has 0 spiro atoms. The SMILES string of the molecule is CCCCCCCCCCCCS(=O)(=O)C(CC(=O)O)C(=O)O.[H-].[Na+]. The molecule has 0 saturated carbocycles. The molecule has 0 aliphatic rings. The largest absolute Gasteiger partial charge is 1.00 e. The van der Waals surface area contributed by atoms with E-state index >= 15 is 0 Å². The molecule has 0 saturated heterocycles. The van der Waals surface area contributed by atoms with Crippen molar-refractivity contribution in [2.24, 2.45) is 0 Å². The Balaban J connectivity index is -0.00000242. The van der Waals surface area contributed by atoms with E-state index in [9.17, 15) is 18.0 Å². The van der Waals surface area contributed by atoms with Crippen LogP contribution in [0.5, 0.6) is 0 Å². The molecule has 0 amide bonds. The molecule has 0 aliphatic heterocycles. The smallest absolute Gasteiger partial charge is 1.00 e. The van der Waals surface area contributed by atoms with Gasteiger partial charge in [-0.3, -0.25) is 9.59 Å². The maximum absolute atomic E-state index is 11.9. The molecule has 138 valence electrons. The van der Waals surface area contributed by atoms with E-state index in [0.717, 1.165) is 25.7 Å². The number of hydrogen-bond acceptors (Lipinski definition) is 4. The first-order valence-electron chi connectivity index (χ1n) is 8.47. The molecule has 0 rings (SSSR count). The second kappa shape index (κ2) is 15.2. The zero-order chi connectivity index (χ0) is 17.7. The van der Waals surface area contributed by atoms with Gasteiger partial charge < -0.3 is 11.6 Å². The van der Waals surface area contributed by atoms with E-state index in [-0.39, 0.29) is 36.7 Å². The van der Waals surface area contributed by atoms with Crippen molar-refractivity contribution in [3.63, 3.8) is 0 Å². The average Bonchev–Trinajstić information content (AvgIpc) is 2.46. The Kier molecular flexibility index (Phi) is 16.5. The number of sulfone groups is 1. The molecule has 0 aromatic rings. The van der Waals surface area contributed by atoms with Gasteiger partial charge in [-0.25, -0.2) is 8.42 Å². The minimum absolute atomic E-state index is 0. The van der Waals surface area contributed by atoms with Gasteiger partial charge in [0.2, 0.25) is 0 Å². The molecule has 0 bridgehead atoms. The summed E-state index contributed by atoms with van der Waals surface area (Å²) in [6, 6.07) is 0. The molecular weight excluding hydrogens is 343 g/mol. The number of carbonyl (C=O) groups is 2. The van der Waals surface area contributed by atoms with Gasteiger partial charge in [0, 0.05) is 0 Å². The third-order valence-electron chi connectivity index (χ3n) is 3.85. The van der Waals surface area contributed by atoms with Crippen LogP contribution in [0.25, 0.3) is 0 Å². The average molecular weight is 374 g/mol. The van der Waals surface area contributed by atoms with Crippen molar-refractivity contribution in [1.82, 2.24) is 0 Å². The Morgan fingerprint density at radius 3 is 1.67 bits per heavy atom. The monoisotopic (exact) mass is 374 g/mol. The molecule has 0 aliphatic carbocycles. The van der Waals surface area contributed by atoms with Crippen LogP contribution in [-0.2, 0) is 19.4 Å². The fourth-order valence-electron chi connectivity index (χ4n) is 2.46. The maximum Gasteiger partial charge on any atom is 1.00 e. The van der Waals surface area contributed by atoms with Crippen molar-refractivity contribution in [2.45, 2.75) is 82.8 Å². The molecule has 0 fully saturated rings. The fourth-order valence-corrected chi connectivity index (χ4v) is 4.05. The van der Waals surface area contributed by atoms with Crippen LogP contribution < -0.4 is 29.6 Å². The van der Waals surface area contributed by atoms with Crippen molar-refractivity contribution < 1.29 is 59.2 Å². The van der Waals surface area contributed by atoms with Crippen LogP contribution in [0, 0.1) is 0 Å². The first-order valence-corrected chi connectivity index (χ1v) is 10.2. The zero-order valence-electron chi connectivity index (χ0n) is 16.0. The van der Waals surface area contributed by atoms with Gasteiger partial charge in [-0.1, -0.05) is 64.7 Å². The van der Waals surface area contributed by atoms with Crippen LogP contribution in [0.15, 0.2) is 0 Å². The second-order valence-corrected chi connectivity index (χ2v) is 8.28. The summed E-state index contributed by atoms with van der Waals surface area (Å²) in [5.41, 5.74) is 0. The van der Waals surface area contributed by atoms with Crippen LogP contribution >= 0.6 is 0 Å². The Labute approximate surface area is 169 Å². The zero-order valence-corrected chi connectivity index (χ0v) is 17.8. The van der Waals surface area contributed by atoms with Crippen molar-refractivity contribution in [3.8, 4) is 0 Å². The van der Waals surface area contributed by atoms with Gasteiger partial charge in [0.1, 0.15) is 0 Å². The summed E-state index contributed by atoms with van der Waals surface area (Å²) in [5, 5.41) is 15.7. The first-order chi connectivity index (χ1) is 10.8. The summed E-state index contributed by atoms with van der Waals surface area (Å²) < 4.78 is 23.8. The van der Waals surface area contributed by atoms with E-state index in [1.165, 1.54) is 32.1 Å². The molecular formula is C16H31NaO6S. The van der Waals surface area contributed by atoms with Crippen LogP contribution in [0.2, 0.25) is 0 Å². The molecule has 0 radical (unpaired) electrons. The molecule has 24 heavy (non-hydrogen) atoms. The third-order valence-corrected chi connectivity index (χ3v) is 5.94. The fraction of sp³-hybridized carbons (Fsp3) is 0.875. The normalized spacial score (nSPS) is 12.4. The van der Waals surface area contributed by atoms with Gasteiger partial charge in [-0.15, -0.1) is 0 Å². The molecule has 2 N–H and O–H groups in total. The predicted octanol–water partition coefficient (Wildman–Crippen LogP) is 0.367. The molecule has 1 unspecified atom stereocenters. The van der Waals surface area contributed by atoms with Crippen molar-refractivity contribution >= 4 is 21.8 Å². The predicted molar refractivity (Wildman–Crippen MR) is 90.4 cm³/mol. The number of unbranched alkanes of at least 4 members (excludes halogenated alkanes) is 9. The van der Waals surface area contributed by atoms with Crippen LogP contribution in [0.1, 0.15) is 79.0 Å². The molecule has 0 aromatic carbocycles. The van der Waals surface area contributed by atoms with Gasteiger partial charge in [0.05, 0.1) is 12.2 Å². The van der Waals surface area contributed by atoms with E-state index in [2.05, 4.69) is 6.92 Å². The number of aliphatic carboxylic acids is 2. The Bertz CT molecular complexity index is 456. The Morgan fingerprint density at radius 2 is 1.29 bits per heavy atom. The van der Waals surface area contributed by atoms with E-state index in [1.54, 1.807) is 0 Å². The number of carboxylic acids is 2. The Morgan fingerprint density at radius 1 is 0.875 bits per heavy atom. The van der Waals surface area contributed by atoms with E-state index in [1.807, 2.05) is 0 Å². The number of hydrogen-bond donors (Lipinski definition) is 2. The molecule has 8 heteroatoms. The third kappa shape index (κ3) is 13.2. The van der Waals surface area contributed by atoms with Gasteiger partial charge in [-0.2, -0.15) is 0 Å². The number of rotatable bonds is 15. The van der Waals surface area contributed by atoms with Crippen LogP contribution in [0.3, 0.4) is 0 Å². The molecule has 0 heterocycles. The summed E-state index contributed by atoms with van der Waals surface area (Å²) in [5.74, 6) is -3.25. The summed E-state index contributed by atoms with van der Waals surface area (Å²) in [6.45, 7) is 2.18. The maximum atomic E-state index is 11.9. The van der Waals surface area contributed by atoms with E-state index in [0.29, 0.717) is 6.42 Å². The van der Waals surface area contributed by atoms with Gasteiger partial charge in [-0.05, 0) is 6.42 Å². The summed E-state index contributed by atoms with van der Waals surface area (Å²) >= 11 is 0. The number of carboxylic acid groups (broad SMARTS) is 2. The van der Waals surface area contributed by atoms with Gasteiger partial charge in [0.25, 0.3) is 0 Å². The van der Waals surface area contributed by atoms with E-state index in [4.69, 9.17) is 10.2 Å². The summed E-state index contributed by atoms with van der Waals surface area (Å²) in [6.07, 6.45) is 9.61. The molecule has 1 atom stereocenters.